The van der Waals surface area contributed by atoms with Crippen molar-refractivity contribution < 1.29 is 9.53 Å². The number of ether oxygens (including phenoxy) is 1. The zero-order valence-electron chi connectivity index (χ0n) is 13.3. The molecular formula is C18H15Cl3N2O2. The van der Waals surface area contributed by atoms with Crippen LogP contribution in [0.2, 0.25) is 15.1 Å². The normalized spacial score (nSPS) is 11.6. The summed E-state index contributed by atoms with van der Waals surface area (Å²) in [5.41, 5.74) is 4.09. The number of benzene rings is 2. The van der Waals surface area contributed by atoms with Gasteiger partial charge in [-0.3, -0.25) is 4.79 Å². The first-order valence-corrected chi connectivity index (χ1v) is 8.42. The predicted molar refractivity (Wildman–Crippen MR) is 104 cm³/mol. The molecule has 0 aliphatic carbocycles. The van der Waals surface area contributed by atoms with E-state index < -0.39 is 5.91 Å². The van der Waals surface area contributed by atoms with Crippen LogP contribution in [-0.2, 0) is 4.79 Å². The summed E-state index contributed by atoms with van der Waals surface area (Å²) in [6.45, 7) is 1.52. The Morgan fingerprint density at radius 1 is 1.12 bits per heavy atom. The molecule has 130 valence electrons. The van der Waals surface area contributed by atoms with E-state index in [9.17, 15) is 4.79 Å². The smallest absolute Gasteiger partial charge is 0.277 e. The summed E-state index contributed by atoms with van der Waals surface area (Å²) in [5.74, 6) is -0.148. The molecule has 0 atom stereocenters. The molecule has 0 fully saturated rings. The molecule has 25 heavy (non-hydrogen) atoms. The number of nitrogens with zero attached hydrogens (tertiary/aromatic N) is 1. The molecule has 0 aliphatic rings. The molecule has 0 aliphatic heterocycles. The third-order valence-corrected chi connectivity index (χ3v) is 4.02. The number of halogens is 3. The minimum atomic E-state index is -0.422. The van der Waals surface area contributed by atoms with E-state index in [4.69, 9.17) is 39.5 Å². The minimum Gasteiger partial charge on any atom is -0.482 e. The van der Waals surface area contributed by atoms with Gasteiger partial charge in [0.1, 0.15) is 5.75 Å². The number of amides is 1. The molecule has 2 aromatic rings. The summed E-state index contributed by atoms with van der Waals surface area (Å²) in [5, 5.41) is 4.85. The molecule has 0 bridgehead atoms. The van der Waals surface area contributed by atoms with Gasteiger partial charge in [0.25, 0.3) is 5.91 Å². The summed E-state index contributed by atoms with van der Waals surface area (Å²) in [4.78, 5) is 11.8. The highest BCUT2D eigenvalue weighted by atomic mass is 35.5. The van der Waals surface area contributed by atoms with E-state index >= 15 is 0 Å². The number of carbonyl (C=O) groups is 1. The number of allylic oxidation sites excluding steroid dienone is 1. The Labute approximate surface area is 161 Å². The van der Waals surface area contributed by atoms with Crippen LogP contribution in [0.1, 0.15) is 12.5 Å². The highest BCUT2D eigenvalue weighted by molar-refractivity contribution is 6.43. The maximum atomic E-state index is 11.8. The number of rotatable bonds is 6. The van der Waals surface area contributed by atoms with E-state index in [2.05, 4.69) is 10.5 Å². The van der Waals surface area contributed by atoms with Crippen LogP contribution < -0.4 is 10.2 Å². The Morgan fingerprint density at radius 2 is 1.80 bits per heavy atom. The Morgan fingerprint density at radius 3 is 2.52 bits per heavy atom. The number of nitrogens with one attached hydrogen (secondary N) is 1. The van der Waals surface area contributed by atoms with Crippen molar-refractivity contribution >= 4 is 52.5 Å². The maximum Gasteiger partial charge on any atom is 0.277 e. The van der Waals surface area contributed by atoms with Gasteiger partial charge in [0.05, 0.1) is 20.8 Å². The van der Waals surface area contributed by atoms with Crippen molar-refractivity contribution in [3.8, 4) is 5.75 Å². The van der Waals surface area contributed by atoms with Crippen molar-refractivity contribution in [3.05, 3.63) is 69.2 Å². The van der Waals surface area contributed by atoms with Crippen molar-refractivity contribution in [1.29, 1.82) is 0 Å². The monoisotopic (exact) mass is 396 g/mol. The lowest BCUT2D eigenvalue weighted by molar-refractivity contribution is -0.123. The predicted octanol–water partition coefficient (Wildman–Crippen LogP) is 5.23. The Hall–Kier alpha value is -2.01. The highest BCUT2D eigenvalue weighted by Crippen LogP contribution is 2.33. The zero-order valence-corrected chi connectivity index (χ0v) is 15.6. The molecular weight excluding hydrogens is 383 g/mol. The molecule has 0 spiro atoms. The summed E-state index contributed by atoms with van der Waals surface area (Å²) >= 11 is 17.7. The van der Waals surface area contributed by atoms with Gasteiger partial charge in [0.2, 0.25) is 0 Å². The second-order valence-electron chi connectivity index (χ2n) is 5.02. The first kappa shape index (κ1) is 19.3. The van der Waals surface area contributed by atoms with E-state index in [0.29, 0.717) is 15.8 Å². The molecule has 0 aromatic heterocycles. The Balaban J connectivity index is 1.86. The van der Waals surface area contributed by atoms with E-state index in [1.165, 1.54) is 12.1 Å². The SMILES string of the molecule is CC(/C=C\c1ccccc1)=NNC(=O)COc1cc(Cl)c(Cl)cc1Cl. The average Bonchev–Trinajstić information content (AvgIpc) is 2.61. The second kappa shape index (κ2) is 9.47. The topological polar surface area (TPSA) is 50.7 Å². The Kier molecular flexibility index (Phi) is 7.31. The fourth-order valence-corrected chi connectivity index (χ4v) is 2.35. The molecule has 7 heteroatoms. The van der Waals surface area contributed by atoms with E-state index in [1.807, 2.05) is 36.4 Å². The van der Waals surface area contributed by atoms with E-state index in [1.54, 1.807) is 13.0 Å². The van der Waals surface area contributed by atoms with Gasteiger partial charge in [-0.1, -0.05) is 71.2 Å². The van der Waals surface area contributed by atoms with Crippen LogP contribution in [0, 0.1) is 0 Å². The number of carbonyl (C=O) groups excluding carboxylic acids is 1. The molecule has 1 amide bonds. The van der Waals surface area contributed by atoms with Crippen molar-refractivity contribution in [3.63, 3.8) is 0 Å². The van der Waals surface area contributed by atoms with Gasteiger partial charge < -0.3 is 4.74 Å². The molecule has 0 saturated heterocycles. The summed E-state index contributed by atoms with van der Waals surface area (Å²) in [6, 6.07) is 12.7. The third kappa shape index (κ3) is 6.42. The van der Waals surface area contributed by atoms with Crippen LogP contribution in [0.25, 0.3) is 6.08 Å². The number of hydrogen-bond acceptors (Lipinski definition) is 3. The minimum absolute atomic E-state index is 0.253. The van der Waals surface area contributed by atoms with Gasteiger partial charge in [0.15, 0.2) is 6.61 Å². The van der Waals surface area contributed by atoms with Crippen LogP contribution in [0.5, 0.6) is 5.75 Å². The fraction of sp³-hybridized carbons (Fsp3) is 0.111. The lowest BCUT2D eigenvalue weighted by Gasteiger charge is -2.08. The molecule has 2 aromatic carbocycles. The van der Waals surface area contributed by atoms with Crippen LogP contribution in [0.4, 0.5) is 0 Å². The quantitative estimate of drug-likeness (QED) is 0.412. The molecule has 0 radical (unpaired) electrons. The Bertz CT molecular complexity index is 805. The first-order valence-electron chi connectivity index (χ1n) is 7.29. The van der Waals surface area contributed by atoms with Gasteiger partial charge in [0, 0.05) is 6.07 Å². The first-order chi connectivity index (χ1) is 12.0. The third-order valence-electron chi connectivity index (χ3n) is 3.01. The van der Waals surface area contributed by atoms with Crippen LogP contribution >= 0.6 is 34.8 Å². The van der Waals surface area contributed by atoms with E-state index in [0.717, 1.165) is 5.56 Å². The summed E-state index contributed by atoms with van der Waals surface area (Å²) < 4.78 is 5.32. The van der Waals surface area contributed by atoms with E-state index in [-0.39, 0.29) is 17.4 Å². The maximum absolute atomic E-state index is 11.8. The van der Waals surface area contributed by atoms with Gasteiger partial charge in [-0.05, 0) is 24.6 Å². The molecule has 4 nitrogen and oxygen atoms in total. The number of hydrogen-bond donors (Lipinski definition) is 1. The van der Waals surface area contributed by atoms with Crippen LogP contribution in [-0.4, -0.2) is 18.2 Å². The van der Waals surface area contributed by atoms with Crippen molar-refractivity contribution in [2.45, 2.75) is 6.92 Å². The molecule has 1 N–H and O–H groups in total. The van der Waals surface area contributed by atoms with Crippen LogP contribution in [0.3, 0.4) is 0 Å². The lowest BCUT2D eigenvalue weighted by atomic mass is 10.2. The average molecular weight is 398 g/mol. The summed E-state index contributed by atoms with van der Waals surface area (Å²) in [6.07, 6.45) is 3.70. The van der Waals surface area contributed by atoms with Gasteiger partial charge in [-0.15, -0.1) is 0 Å². The van der Waals surface area contributed by atoms with Crippen molar-refractivity contribution in [1.82, 2.24) is 5.43 Å². The standard InChI is InChI=1S/C18H15Cl3N2O2/c1-12(7-8-13-5-3-2-4-6-13)22-23-18(24)11-25-17-10-15(20)14(19)9-16(17)21/h2-10H,11H2,1H3,(H,23,24)/b8-7-,22-12?. The van der Waals surface area contributed by atoms with Gasteiger partial charge >= 0.3 is 0 Å². The van der Waals surface area contributed by atoms with Gasteiger partial charge in [-0.2, -0.15) is 5.10 Å². The fourth-order valence-electron chi connectivity index (χ4n) is 1.76. The van der Waals surface area contributed by atoms with Crippen LogP contribution in [0.15, 0.2) is 53.6 Å². The largest absolute Gasteiger partial charge is 0.482 e. The highest BCUT2D eigenvalue weighted by Gasteiger charge is 2.09. The molecule has 0 unspecified atom stereocenters. The molecule has 0 saturated carbocycles. The van der Waals surface area contributed by atoms with Crippen molar-refractivity contribution in [2.75, 3.05) is 6.61 Å². The second-order valence-corrected chi connectivity index (χ2v) is 6.24. The molecule has 2 rings (SSSR count). The molecule has 0 heterocycles. The number of hydrazone groups is 1. The summed E-state index contributed by atoms with van der Waals surface area (Å²) in [7, 11) is 0. The lowest BCUT2D eigenvalue weighted by Crippen LogP contribution is -2.25. The van der Waals surface area contributed by atoms with Crippen molar-refractivity contribution in [2.24, 2.45) is 5.10 Å². The zero-order chi connectivity index (χ0) is 18.2. The van der Waals surface area contributed by atoms with Gasteiger partial charge in [-0.25, -0.2) is 5.43 Å².